The fraction of sp³-hybridized carbons (Fsp3) is 0.133. The summed E-state index contributed by atoms with van der Waals surface area (Å²) in [6.45, 7) is 0.400. The lowest BCUT2D eigenvalue weighted by atomic mass is 10.2. The van der Waals surface area contributed by atoms with Gasteiger partial charge in [-0.25, -0.2) is 9.37 Å². The summed E-state index contributed by atoms with van der Waals surface area (Å²) in [5.74, 6) is 0.630. The maximum absolute atomic E-state index is 13.3. The molecule has 0 aliphatic rings. The van der Waals surface area contributed by atoms with E-state index < -0.39 is 0 Å². The zero-order valence-corrected chi connectivity index (χ0v) is 12.1. The van der Waals surface area contributed by atoms with E-state index in [1.807, 2.05) is 12.1 Å². The number of ether oxygens (including phenoxy) is 1. The number of hydrogen-bond donors (Lipinski definition) is 1. The molecule has 0 aliphatic carbocycles. The number of nitrogen functional groups attached to an aromatic ring is 1. The molecule has 0 aliphatic heterocycles. The summed E-state index contributed by atoms with van der Waals surface area (Å²) in [5, 5.41) is 0.581. The minimum Gasteiger partial charge on any atom is -0.496 e. The van der Waals surface area contributed by atoms with Gasteiger partial charge in [-0.2, -0.15) is 0 Å². The number of hydrogen-bond acceptors (Lipinski definition) is 3. The van der Waals surface area contributed by atoms with Gasteiger partial charge in [0.25, 0.3) is 0 Å². The molecule has 21 heavy (non-hydrogen) atoms. The van der Waals surface area contributed by atoms with Crippen LogP contribution in [0.5, 0.6) is 5.75 Å². The van der Waals surface area contributed by atoms with Gasteiger partial charge in [-0.1, -0.05) is 17.7 Å². The number of aromatic nitrogens is 2. The van der Waals surface area contributed by atoms with Crippen LogP contribution in [-0.4, -0.2) is 16.7 Å². The molecule has 0 amide bonds. The Bertz CT molecular complexity index is 816. The first-order chi connectivity index (χ1) is 10.1. The van der Waals surface area contributed by atoms with E-state index >= 15 is 0 Å². The zero-order chi connectivity index (χ0) is 15.0. The smallest absolute Gasteiger partial charge is 0.201 e. The van der Waals surface area contributed by atoms with Crippen LogP contribution in [0.1, 0.15) is 5.56 Å². The molecule has 108 valence electrons. The van der Waals surface area contributed by atoms with Crippen molar-refractivity contribution in [3.8, 4) is 5.75 Å². The lowest BCUT2D eigenvalue weighted by molar-refractivity contribution is 0.409. The van der Waals surface area contributed by atoms with Gasteiger partial charge in [0.05, 0.1) is 24.7 Å². The van der Waals surface area contributed by atoms with Crippen molar-refractivity contribution >= 4 is 28.6 Å². The zero-order valence-electron chi connectivity index (χ0n) is 11.3. The maximum Gasteiger partial charge on any atom is 0.201 e. The Labute approximate surface area is 125 Å². The Hall–Kier alpha value is -2.27. The number of halogens is 2. The van der Waals surface area contributed by atoms with Crippen molar-refractivity contribution in [3.05, 3.63) is 52.8 Å². The Morgan fingerprint density at radius 2 is 2.14 bits per heavy atom. The van der Waals surface area contributed by atoms with Crippen LogP contribution in [0.3, 0.4) is 0 Å². The van der Waals surface area contributed by atoms with Crippen molar-refractivity contribution in [2.24, 2.45) is 0 Å². The second kappa shape index (κ2) is 5.26. The highest BCUT2D eigenvalue weighted by Gasteiger charge is 2.14. The number of benzene rings is 2. The van der Waals surface area contributed by atoms with E-state index in [0.717, 1.165) is 11.1 Å². The Balaban J connectivity index is 2.12. The second-order valence-corrected chi connectivity index (χ2v) is 5.02. The van der Waals surface area contributed by atoms with Crippen LogP contribution in [0.4, 0.5) is 10.3 Å². The Morgan fingerprint density at radius 1 is 1.33 bits per heavy atom. The molecule has 2 N–H and O–H groups in total. The second-order valence-electron chi connectivity index (χ2n) is 4.61. The van der Waals surface area contributed by atoms with E-state index in [0.29, 0.717) is 28.8 Å². The Kier molecular flexibility index (Phi) is 3.43. The van der Waals surface area contributed by atoms with Crippen LogP contribution in [0.15, 0.2) is 36.4 Å². The number of nitrogens with zero attached hydrogens (tertiary/aromatic N) is 2. The van der Waals surface area contributed by atoms with Crippen molar-refractivity contribution in [1.82, 2.24) is 9.55 Å². The third-order valence-electron chi connectivity index (χ3n) is 3.35. The molecule has 0 spiro atoms. The number of fused-ring (bicyclic) bond motifs is 1. The summed E-state index contributed by atoms with van der Waals surface area (Å²) in [7, 11) is 1.58. The number of methoxy groups -OCH3 is 1. The molecular weight excluding hydrogens is 293 g/mol. The van der Waals surface area contributed by atoms with Crippen LogP contribution >= 0.6 is 11.6 Å². The average molecular weight is 306 g/mol. The highest BCUT2D eigenvalue weighted by molar-refractivity contribution is 6.31. The lowest BCUT2D eigenvalue weighted by Crippen LogP contribution is -2.06. The predicted octanol–water partition coefficient (Wildman–Crippen LogP) is 3.47. The number of nitrogens with two attached hydrogens (primary N) is 1. The number of rotatable bonds is 3. The molecule has 2 aromatic carbocycles. The highest BCUT2D eigenvalue weighted by atomic mass is 35.5. The van der Waals surface area contributed by atoms with Gasteiger partial charge in [-0.15, -0.1) is 0 Å². The topological polar surface area (TPSA) is 53.1 Å². The van der Waals surface area contributed by atoms with Crippen molar-refractivity contribution in [1.29, 1.82) is 0 Å². The van der Waals surface area contributed by atoms with Crippen LogP contribution in [-0.2, 0) is 6.54 Å². The van der Waals surface area contributed by atoms with Crippen LogP contribution in [0, 0.1) is 5.82 Å². The third-order valence-corrected chi connectivity index (χ3v) is 3.71. The fourth-order valence-corrected chi connectivity index (χ4v) is 2.56. The van der Waals surface area contributed by atoms with E-state index in [1.165, 1.54) is 12.1 Å². The molecule has 3 rings (SSSR count). The van der Waals surface area contributed by atoms with E-state index in [4.69, 9.17) is 22.1 Å². The summed E-state index contributed by atoms with van der Waals surface area (Å²) in [6, 6.07) is 9.81. The average Bonchev–Trinajstić information content (AvgIpc) is 2.76. The first-order valence-electron chi connectivity index (χ1n) is 6.33. The minimum absolute atomic E-state index is 0.303. The minimum atomic E-state index is -0.345. The van der Waals surface area contributed by atoms with Crippen molar-refractivity contribution < 1.29 is 9.13 Å². The molecule has 6 heteroatoms. The van der Waals surface area contributed by atoms with E-state index in [2.05, 4.69) is 4.98 Å². The standard InChI is InChI=1S/C15H13ClFN3O/c1-21-14-4-2-3-11(16)10(14)8-20-13-6-5-9(17)7-12(13)19-15(20)18/h2-7H,8H2,1H3,(H2,18,19). The molecule has 0 fully saturated rings. The molecule has 3 aromatic rings. The van der Waals surface area contributed by atoms with Gasteiger partial charge >= 0.3 is 0 Å². The normalized spacial score (nSPS) is 11.0. The summed E-state index contributed by atoms with van der Waals surface area (Å²) >= 11 is 6.24. The third kappa shape index (κ3) is 2.40. The molecule has 0 atom stereocenters. The predicted molar refractivity (Wildman–Crippen MR) is 81.2 cm³/mol. The van der Waals surface area contributed by atoms with Crippen LogP contribution in [0.25, 0.3) is 11.0 Å². The SMILES string of the molecule is COc1cccc(Cl)c1Cn1c(N)nc2cc(F)ccc21. The fourth-order valence-electron chi connectivity index (χ4n) is 2.33. The molecule has 1 aromatic heterocycles. The molecule has 1 heterocycles. The summed E-state index contributed by atoms with van der Waals surface area (Å²) in [4.78, 5) is 4.17. The molecule has 0 radical (unpaired) electrons. The maximum atomic E-state index is 13.3. The number of anilines is 1. The molecule has 0 saturated heterocycles. The quantitative estimate of drug-likeness (QED) is 0.806. The highest BCUT2D eigenvalue weighted by Crippen LogP contribution is 2.29. The molecular formula is C15H13ClFN3O. The van der Waals surface area contributed by atoms with E-state index in [-0.39, 0.29) is 5.82 Å². The molecule has 0 bridgehead atoms. The van der Waals surface area contributed by atoms with Crippen LogP contribution in [0.2, 0.25) is 5.02 Å². The van der Waals surface area contributed by atoms with E-state index in [1.54, 1.807) is 23.8 Å². The summed E-state index contributed by atoms with van der Waals surface area (Å²) in [5.41, 5.74) is 8.00. The summed E-state index contributed by atoms with van der Waals surface area (Å²) in [6.07, 6.45) is 0. The monoisotopic (exact) mass is 305 g/mol. The van der Waals surface area contributed by atoms with Gasteiger partial charge in [-0.3, -0.25) is 0 Å². The van der Waals surface area contributed by atoms with Crippen LogP contribution < -0.4 is 10.5 Å². The van der Waals surface area contributed by atoms with Gasteiger partial charge in [-0.05, 0) is 24.3 Å². The summed E-state index contributed by atoms with van der Waals surface area (Å²) < 4.78 is 20.4. The molecule has 0 saturated carbocycles. The molecule has 0 unspecified atom stereocenters. The van der Waals surface area contributed by atoms with E-state index in [9.17, 15) is 4.39 Å². The van der Waals surface area contributed by atoms with Crippen molar-refractivity contribution in [3.63, 3.8) is 0 Å². The van der Waals surface area contributed by atoms with Gasteiger partial charge in [0.2, 0.25) is 5.95 Å². The Morgan fingerprint density at radius 3 is 2.90 bits per heavy atom. The first kappa shape index (κ1) is 13.7. The van der Waals surface area contributed by atoms with Gasteiger partial charge in [0, 0.05) is 16.7 Å². The molecule has 4 nitrogen and oxygen atoms in total. The first-order valence-corrected chi connectivity index (χ1v) is 6.70. The van der Waals surface area contributed by atoms with Gasteiger partial charge in [0.15, 0.2) is 0 Å². The lowest BCUT2D eigenvalue weighted by Gasteiger charge is -2.12. The van der Waals surface area contributed by atoms with Crippen molar-refractivity contribution in [2.75, 3.05) is 12.8 Å². The largest absolute Gasteiger partial charge is 0.496 e. The van der Waals surface area contributed by atoms with Crippen molar-refractivity contribution in [2.45, 2.75) is 6.54 Å². The number of imidazole rings is 1. The van der Waals surface area contributed by atoms with Gasteiger partial charge in [0.1, 0.15) is 11.6 Å². The van der Waals surface area contributed by atoms with Gasteiger partial charge < -0.3 is 15.0 Å².